The Morgan fingerprint density at radius 2 is 1.75 bits per heavy atom. The van der Waals surface area contributed by atoms with Crippen molar-refractivity contribution in [1.29, 1.82) is 0 Å². The molecule has 24 heavy (non-hydrogen) atoms. The minimum absolute atomic E-state index is 0.231. The van der Waals surface area contributed by atoms with E-state index in [1.54, 1.807) is 14.0 Å². The fourth-order valence-electron chi connectivity index (χ4n) is 2.28. The van der Waals surface area contributed by atoms with Gasteiger partial charge in [0.05, 0.1) is 12.8 Å². The molecule has 2 N–H and O–H groups in total. The van der Waals surface area contributed by atoms with Crippen LogP contribution < -0.4 is 10.1 Å². The van der Waals surface area contributed by atoms with Crippen LogP contribution >= 0.6 is 11.3 Å². The van der Waals surface area contributed by atoms with E-state index in [4.69, 9.17) is 4.74 Å². The number of rotatable bonds is 4. The second-order valence-electron chi connectivity index (χ2n) is 5.41. The summed E-state index contributed by atoms with van der Waals surface area (Å²) in [6, 6.07) is 7.67. The number of benzene rings is 1. The van der Waals surface area contributed by atoms with Gasteiger partial charge in [-0.1, -0.05) is 11.3 Å². The van der Waals surface area contributed by atoms with Gasteiger partial charge < -0.3 is 15.2 Å². The van der Waals surface area contributed by atoms with E-state index in [0.717, 1.165) is 27.4 Å². The number of anilines is 2. The minimum Gasteiger partial charge on any atom is -0.506 e. The van der Waals surface area contributed by atoms with Crippen molar-refractivity contribution in [3.8, 4) is 22.1 Å². The van der Waals surface area contributed by atoms with Crippen molar-refractivity contribution in [3.63, 3.8) is 0 Å². The number of aryl methyl sites for hydroxylation is 1. The van der Waals surface area contributed by atoms with Crippen LogP contribution in [0.5, 0.6) is 11.5 Å². The summed E-state index contributed by atoms with van der Waals surface area (Å²) in [7, 11) is 1.64. The maximum absolute atomic E-state index is 9.95. The topological polar surface area (TPSA) is 80.2 Å². The zero-order valence-corrected chi connectivity index (χ0v) is 14.7. The lowest BCUT2D eigenvalue weighted by Crippen LogP contribution is -2.00. The van der Waals surface area contributed by atoms with Crippen LogP contribution in [0.15, 0.2) is 24.3 Å². The van der Waals surface area contributed by atoms with Crippen molar-refractivity contribution in [2.45, 2.75) is 20.8 Å². The summed E-state index contributed by atoms with van der Waals surface area (Å²) in [6.45, 7) is 5.55. The van der Waals surface area contributed by atoms with Gasteiger partial charge in [-0.3, -0.25) is 0 Å². The van der Waals surface area contributed by atoms with Crippen LogP contribution in [0.3, 0.4) is 0 Å². The molecule has 0 unspecified atom stereocenters. The third-order valence-electron chi connectivity index (χ3n) is 3.88. The predicted octanol–water partition coefficient (Wildman–Crippen LogP) is 3.98. The average Bonchev–Trinajstić information content (AvgIpc) is 3.06. The van der Waals surface area contributed by atoms with Gasteiger partial charge in [0.25, 0.3) is 0 Å². The highest BCUT2D eigenvalue weighted by Crippen LogP contribution is 2.32. The molecule has 0 fully saturated rings. The number of pyridine rings is 1. The number of methoxy groups -OCH3 is 1. The smallest absolute Gasteiger partial charge is 0.211 e. The Balaban J connectivity index is 1.86. The Bertz CT molecular complexity index is 875. The summed E-state index contributed by atoms with van der Waals surface area (Å²) >= 11 is 1.44. The molecule has 0 atom stereocenters. The predicted molar refractivity (Wildman–Crippen MR) is 95.3 cm³/mol. The molecule has 0 aliphatic rings. The van der Waals surface area contributed by atoms with E-state index in [9.17, 15) is 5.11 Å². The zero-order chi connectivity index (χ0) is 17.3. The van der Waals surface area contributed by atoms with Crippen molar-refractivity contribution in [2.24, 2.45) is 0 Å². The third-order valence-corrected chi connectivity index (χ3v) is 4.77. The van der Waals surface area contributed by atoms with Gasteiger partial charge in [0.15, 0.2) is 0 Å². The maximum Gasteiger partial charge on any atom is 0.211 e. The standard InChI is InChI=1S/C17H18N4O2S/c1-9-10(2)15(18-11(3)14(9)22)19-17-21-20-16(24-17)12-5-7-13(23-4)8-6-12/h5-8,22H,1-4H3,(H,18,19,21). The first-order chi connectivity index (χ1) is 11.5. The number of nitrogens with zero attached hydrogens (tertiary/aromatic N) is 3. The Kier molecular flexibility index (Phi) is 4.35. The van der Waals surface area contributed by atoms with Crippen LogP contribution in [-0.4, -0.2) is 27.4 Å². The summed E-state index contributed by atoms with van der Waals surface area (Å²) < 4.78 is 5.16. The Morgan fingerprint density at radius 3 is 2.42 bits per heavy atom. The van der Waals surface area contributed by atoms with E-state index >= 15 is 0 Å². The van der Waals surface area contributed by atoms with Gasteiger partial charge >= 0.3 is 0 Å². The molecular weight excluding hydrogens is 324 g/mol. The molecule has 0 radical (unpaired) electrons. The van der Waals surface area contributed by atoms with Crippen molar-refractivity contribution in [3.05, 3.63) is 41.1 Å². The number of hydrogen-bond donors (Lipinski definition) is 2. The molecule has 2 aromatic heterocycles. The summed E-state index contributed by atoms with van der Waals surface area (Å²) in [5, 5.41) is 23.0. The number of nitrogens with one attached hydrogen (secondary N) is 1. The number of ether oxygens (including phenoxy) is 1. The summed E-state index contributed by atoms with van der Waals surface area (Å²) in [4.78, 5) is 4.39. The molecule has 3 aromatic rings. The van der Waals surface area contributed by atoms with Crippen LogP contribution in [-0.2, 0) is 0 Å². The Morgan fingerprint density at radius 1 is 1.04 bits per heavy atom. The van der Waals surface area contributed by atoms with Gasteiger partial charge in [0.2, 0.25) is 5.13 Å². The van der Waals surface area contributed by atoms with Crippen molar-refractivity contribution < 1.29 is 9.84 Å². The molecule has 6 nitrogen and oxygen atoms in total. The van der Waals surface area contributed by atoms with Gasteiger partial charge in [-0.05, 0) is 56.2 Å². The van der Waals surface area contributed by atoms with Crippen LogP contribution in [0.2, 0.25) is 0 Å². The molecular formula is C17H18N4O2S. The maximum atomic E-state index is 9.95. The zero-order valence-electron chi connectivity index (χ0n) is 13.9. The SMILES string of the molecule is COc1ccc(-c2nnc(Nc3nc(C)c(O)c(C)c3C)s2)cc1. The summed E-state index contributed by atoms with van der Waals surface area (Å²) in [6.07, 6.45) is 0. The molecule has 0 saturated carbocycles. The van der Waals surface area contributed by atoms with Crippen molar-refractivity contribution in [2.75, 3.05) is 12.4 Å². The molecule has 7 heteroatoms. The molecule has 0 spiro atoms. The van der Waals surface area contributed by atoms with E-state index in [0.29, 0.717) is 16.6 Å². The summed E-state index contributed by atoms with van der Waals surface area (Å²) in [5.41, 5.74) is 3.26. The van der Waals surface area contributed by atoms with E-state index in [-0.39, 0.29) is 5.75 Å². The average molecular weight is 342 g/mol. The van der Waals surface area contributed by atoms with E-state index in [1.807, 2.05) is 38.1 Å². The van der Waals surface area contributed by atoms with Crippen LogP contribution in [0.4, 0.5) is 10.9 Å². The molecule has 0 bridgehead atoms. The lowest BCUT2D eigenvalue weighted by Gasteiger charge is -2.11. The van der Waals surface area contributed by atoms with Gasteiger partial charge in [0.1, 0.15) is 22.3 Å². The molecule has 2 heterocycles. The van der Waals surface area contributed by atoms with Gasteiger partial charge in [-0.2, -0.15) is 0 Å². The van der Waals surface area contributed by atoms with Gasteiger partial charge in [-0.15, -0.1) is 10.2 Å². The van der Waals surface area contributed by atoms with Crippen LogP contribution in [0.25, 0.3) is 10.6 Å². The van der Waals surface area contributed by atoms with Crippen LogP contribution in [0.1, 0.15) is 16.8 Å². The van der Waals surface area contributed by atoms with Crippen molar-refractivity contribution in [1.82, 2.24) is 15.2 Å². The largest absolute Gasteiger partial charge is 0.506 e. The van der Waals surface area contributed by atoms with E-state index < -0.39 is 0 Å². The molecule has 0 saturated heterocycles. The van der Waals surface area contributed by atoms with E-state index in [1.165, 1.54) is 11.3 Å². The number of aromatic hydroxyl groups is 1. The molecule has 0 aliphatic heterocycles. The first kappa shape index (κ1) is 16.2. The fraction of sp³-hybridized carbons (Fsp3) is 0.235. The highest BCUT2D eigenvalue weighted by molar-refractivity contribution is 7.18. The van der Waals surface area contributed by atoms with Gasteiger partial charge in [0, 0.05) is 5.56 Å². The molecule has 1 aromatic carbocycles. The lowest BCUT2D eigenvalue weighted by atomic mass is 10.1. The third kappa shape index (κ3) is 3.03. The summed E-state index contributed by atoms with van der Waals surface area (Å²) in [5.74, 6) is 1.71. The molecule has 0 aliphatic carbocycles. The Labute approximate surface area is 144 Å². The highest BCUT2D eigenvalue weighted by atomic mass is 32.1. The first-order valence-electron chi connectivity index (χ1n) is 7.41. The Hall–Kier alpha value is -2.67. The van der Waals surface area contributed by atoms with Gasteiger partial charge in [-0.25, -0.2) is 4.98 Å². The quantitative estimate of drug-likeness (QED) is 0.746. The second-order valence-corrected chi connectivity index (χ2v) is 6.39. The first-order valence-corrected chi connectivity index (χ1v) is 8.23. The normalized spacial score (nSPS) is 10.7. The van der Waals surface area contributed by atoms with E-state index in [2.05, 4.69) is 20.5 Å². The second kappa shape index (κ2) is 6.45. The van der Waals surface area contributed by atoms with Crippen LogP contribution in [0, 0.1) is 20.8 Å². The highest BCUT2D eigenvalue weighted by Gasteiger charge is 2.13. The molecule has 3 rings (SSSR count). The number of hydrogen-bond acceptors (Lipinski definition) is 7. The molecule has 124 valence electrons. The molecule has 0 amide bonds. The number of aromatic nitrogens is 3. The van der Waals surface area contributed by atoms with Crippen molar-refractivity contribution >= 4 is 22.3 Å². The lowest BCUT2D eigenvalue weighted by molar-refractivity contribution is 0.415. The fourth-order valence-corrected chi connectivity index (χ4v) is 3.03. The monoisotopic (exact) mass is 342 g/mol. The minimum atomic E-state index is 0.231.